The van der Waals surface area contributed by atoms with Gasteiger partial charge in [0.15, 0.2) is 17.0 Å². The molecule has 10 heteroatoms. The quantitative estimate of drug-likeness (QED) is 0.684. The van der Waals surface area contributed by atoms with Crippen molar-refractivity contribution < 1.29 is 9.84 Å². The van der Waals surface area contributed by atoms with Crippen LogP contribution in [-0.4, -0.2) is 48.2 Å². The fourth-order valence-corrected chi connectivity index (χ4v) is 3.57. The SMILES string of the molecule is CCC[C@H](C)Oc1nc(NCl)c2nc(O)n(CC3CCN(Cl)CC3)c2n1. The number of hydrogen-bond donors (Lipinski definition) is 2. The van der Waals surface area contributed by atoms with Crippen molar-refractivity contribution in [2.45, 2.75) is 52.2 Å². The molecule has 1 aliphatic heterocycles. The second-order valence-corrected chi connectivity index (χ2v) is 7.38. The zero-order valence-electron chi connectivity index (χ0n) is 15.0. The topological polar surface area (TPSA) is 88.3 Å². The molecule has 0 radical (unpaired) electrons. The smallest absolute Gasteiger partial charge is 0.320 e. The van der Waals surface area contributed by atoms with Crippen molar-refractivity contribution in [2.24, 2.45) is 5.92 Å². The predicted octanol–water partition coefficient (Wildman–Crippen LogP) is 3.53. The minimum absolute atomic E-state index is 0.0151. The Balaban J connectivity index is 1.91. The number of piperidine rings is 1. The van der Waals surface area contributed by atoms with Crippen LogP contribution in [0.1, 0.15) is 39.5 Å². The molecule has 2 aromatic heterocycles. The van der Waals surface area contributed by atoms with Crippen LogP contribution in [0.5, 0.6) is 12.0 Å². The molecule has 1 fully saturated rings. The first kappa shape index (κ1) is 19.3. The molecular weight excluding hydrogens is 379 g/mol. The van der Waals surface area contributed by atoms with Crippen LogP contribution >= 0.6 is 23.6 Å². The minimum atomic E-state index is -0.102. The maximum atomic E-state index is 10.3. The van der Waals surface area contributed by atoms with E-state index in [1.165, 1.54) is 0 Å². The molecule has 1 aliphatic rings. The fraction of sp³-hybridized carbons (Fsp3) is 0.688. The lowest BCUT2D eigenvalue weighted by molar-refractivity contribution is 0.193. The number of anilines is 1. The average molecular weight is 403 g/mol. The third-order valence-corrected chi connectivity index (χ3v) is 5.16. The first-order valence-corrected chi connectivity index (χ1v) is 9.64. The van der Waals surface area contributed by atoms with Crippen molar-refractivity contribution in [3.8, 4) is 12.0 Å². The molecule has 8 nitrogen and oxygen atoms in total. The predicted molar refractivity (Wildman–Crippen MR) is 102 cm³/mol. The molecule has 1 atom stereocenters. The van der Waals surface area contributed by atoms with Gasteiger partial charge in [-0.25, -0.2) is 4.42 Å². The molecule has 0 aliphatic carbocycles. The van der Waals surface area contributed by atoms with Gasteiger partial charge in [-0.05, 0) is 43.9 Å². The molecule has 1 saturated heterocycles. The van der Waals surface area contributed by atoms with E-state index in [-0.39, 0.29) is 18.1 Å². The largest absolute Gasteiger partial charge is 0.480 e. The molecule has 0 bridgehead atoms. The molecule has 26 heavy (non-hydrogen) atoms. The van der Waals surface area contributed by atoms with Crippen LogP contribution in [-0.2, 0) is 6.54 Å². The highest BCUT2D eigenvalue weighted by atomic mass is 35.5. The third kappa shape index (κ3) is 4.24. The normalized spacial score (nSPS) is 17.5. The van der Waals surface area contributed by atoms with E-state index in [0.717, 1.165) is 38.8 Å². The Morgan fingerprint density at radius 1 is 1.31 bits per heavy atom. The van der Waals surface area contributed by atoms with Crippen molar-refractivity contribution in [1.29, 1.82) is 0 Å². The lowest BCUT2D eigenvalue weighted by Crippen LogP contribution is -2.28. The number of rotatable bonds is 7. The summed E-state index contributed by atoms with van der Waals surface area (Å²) in [7, 11) is 0. The Kier molecular flexibility index (Phi) is 6.26. The number of halogens is 2. The highest BCUT2D eigenvalue weighted by Gasteiger charge is 2.23. The molecule has 0 saturated carbocycles. The summed E-state index contributed by atoms with van der Waals surface area (Å²) in [5.74, 6) is 0.707. The van der Waals surface area contributed by atoms with E-state index in [2.05, 4.69) is 26.7 Å². The van der Waals surface area contributed by atoms with Crippen molar-refractivity contribution >= 4 is 40.5 Å². The number of nitrogens with zero attached hydrogens (tertiary/aromatic N) is 5. The first-order chi connectivity index (χ1) is 12.5. The lowest BCUT2D eigenvalue weighted by atomic mass is 9.98. The Morgan fingerprint density at radius 3 is 2.69 bits per heavy atom. The number of imidazole rings is 1. The van der Waals surface area contributed by atoms with Crippen LogP contribution in [0, 0.1) is 5.92 Å². The number of aromatic nitrogens is 4. The fourth-order valence-electron chi connectivity index (χ4n) is 3.24. The van der Waals surface area contributed by atoms with Crippen LogP contribution < -0.4 is 9.57 Å². The third-order valence-electron chi connectivity index (χ3n) is 4.65. The first-order valence-electron chi connectivity index (χ1n) is 8.93. The van der Waals surface area contributed by atoms with Gasteiger partial charge in [0, 0.05) is 31.4 Å². The van der Waals surface area contributed by atoms with E-state index in [1.807, 2.05) is 6.92 Å². The maximum absolute atomic E-state index is 10.3. The molecule has 0 aromatic carbocycles. The Bertz CT molecular complexity index is 748. The molecule has 3 rings (SSSR count). The monoisotopic (exact) mass is 402 g/mol. The summed E-state index contributed by atoms with van der Waals surface area (Å²) < 4.78 is 9.29. The standard InChI is InChI=1S/C16H24Cl2N6O2/c1-3-4-10(2)26-15-20-13(22-17)12-14(21-15)24(16(25)19-12)9-11-5-7-23(18)8-6-11/h10-11H,3-9H2,1-2H3,(H,19,25)(H,20,21,22)/t10-/m0/s1. The van der Waals surface area contributed by atoms with Gasteiger partial charge in [0.2, 0.25) is 0 Å². The maximum Gasteiger partial charge on any atom is 0.320 e. The second-order valence-electron chi connectivity index (χ2n) is 6.71. The highest BCUT2D eigenvalue weighted by Crippen LogP contribution is 2.30. The van der Waals surface area contributed by atoms with Gasteiger partial charge in [-0.2, -0.15) is 15.0 Å². The summed E-state index contributed by atoms with van der Waals surface area (Å²) >= 11 is 11.8. The summed E-state index contributed by atoms with van der Waals surface area (Å²) in [5, 5.41) is 10.3. The van der Waals surface area contributed by atoms with E-state index in [4.69, 9.17) is 28.3 Å². The van der Waals surface area contributed by atoms with Gasteiger partial charge < -0.3 is 9.84 Å². The zero-order chi connectivity index (χ0) is 18.7. The average Bonchev–Trinajstić information content (AvgIpc) is 2.92. The van der Waals surface area contributed by atoms with E-state index in [1.54, 1.807) is 8.99 Å². The highest BCUT2D eigenvalue weighted by molar-refractivity contribution is 6.25. The molecule has 0 unspecified atom stereocenters. The van der Waals surface area contributed by atoms with E-state index < -0.39 is 0 Å². The van der Waals surface area contributed by atoms with Gasteiger partial charge in [0.1, 0.15) is 0 Å². The van der Waals surface area contributed by atoms with Crippen LogP contribution in [0.2, 0.25) is 0 Å². The van der Waals surface area contributed by atoms with Crippen molar-refractivity contribution in [3.05, 3.63) is 0 Å². The van der Waals surface area contributed by atoms with Gasteiger partial charge in [0.25, 0.3) is 6.01 Å². The Morgan fingerprint density at radius 2 is 2.04 bits per heavy atom. The summed E-state index contributed by atoms with van der Waals surface area (Å²) in [5.41, 5.74) is 0.926. The number of fused-ring (bicyclic) bond motifs is 1. The van der Waals surface area contributed by atoms with Crippen LogP contribution in [0.3, 0.4) is 0 Å². The van der Waals surface area contributed by atoms with Crippen molar-refractivity contribution in [3.63, 3.8) is 0 Å². The second kappa shape index (κ2) is 8.45. The van der Waals surface area contributed by atoms with E-state index in [0.29, 0.717) is 29.4 Å². The summed E-state index contributed by atoms with van der Waals surface area (Å²) in [6, 6.07) is 0.118. The van der Waals surface area contributed by atoms with E-state index in [9.17, 15) is 5.11 Å². The molecule has 0 spiro atoms. The molecule has 144 valence electrons. The van der Waals surface area contributed by atoms with Crippen LogP contribution in [0.15, 0.2) is 0 Å². The van der Waals surface area contributed by atoms with Crippen molar-refractivity contribution in [2.75, 3.05) is 17.9 Å². The number of nitrogens with one attached hydrogen (secondary N) is 1. The van der Waals surface area contributed by atoms with Gasteiger partial charge in [0.05, 0.1) is 6.10 Å². The lowest BCUT2D eigenvalue weighted by Gasteiger charge is -2.27. The van der Waals surface area contributed by atoms with Crippen LogP contribution in [0.25, 0.3) is 11.2 Å². The molecule has 2 N–H and O–H groups in total. The molecule has 0 amide bonds. The number of aromatic hydroxyl groups is 1. The van der Waals surface area contributed by atoms with Gasteiger partial charge in [-0.1, -0.05) is 13.3 Å². The van der Waals surface area contributed by atoms with Crippen molar-refractivity contribution in [1.82, 2.24) is 23.9 Å². The summed E-state index contributed by atoms with van der Waals surface area (Å²) in [4.78, 5) is 15.4. The Hall–Kier alpha value is -1.51. The molecule has 2 aromatic rings. The van der Waals surface area contributed by atoms with Gasteiger partial charge >= 0.3 is 6.01 Å². The van der Waals surface area contributed by atoms with Gasteiger partial charge in [-0.15, -0.1) is 0 Å². The molecule has 3 heterocycles. The number of ether oxygens (including phenoxy) is 1. The molecular formula is C16H24Cl2N6O2. The minimum Gasteiger partial charge on any atom is -0.480 e. The van der Waals surface area contributed by atoms with E-state index >= 15 is 0 Å². The zero-order valence-corrected chi connectivity index (χ0v) is 16.5. The summed E-state index contributed by atoms with van der Waals surface area (Å²) in [6.07, 6.45) is 3.78. The van der Waals surface area contributed by atoms with Crippen LogP contribution in [0.4, 0.5) is 5.82 Å². The summed E-state index contributed by atoms with van der Waals surface area (Å²) in [6.45, 7) is 6.32. The Labute approximate surface area is 162 Å². The van der Waals surface area contributed by atoms with Gasteiger partial charge in [-0.3, -0.25) is 9.40 Å². The number of hydrogen-bond acceptors (Lipinski definition) is 7.